The molecule has 0 bridgehead atoms. The second-order valence-corrected chi connectivity index (χ2v) is 31.4. The molecule has 0 spiro atoms. The summed E-state index contributed by atoms with van der Waals surface area (Å²) in [6, 6.07) is 63.9. The van der Waals surface area contributed by atoms with E-state index in [0.717, 1.165) is 0 Å². The minimum absolute atomic E-state index is 0.0408. The fourth-order valence-corrected chi connectivity index (χ4v) is 15.2. The average molecular weight is 1130 g/mol. The fraction of sp³-hybridized carbons (Fsp3) is 0.341. The van der Waals surface area contributed by atoms with E-state index in [1.165, 1.54) is 155 Å². The quantitative estimate of drug-likeness (QED) is 0.134. The Bertz CT molecular complexity index is 4490. The number of benzene rings is 9. The van der Waals surface area contributed by atoms with Gasteiger partial charge in [-0.1, -0.05) is 259 Å². The lowest BCUT2D eigenvalue weighted by molar-refractivity contribution is 0.590. The van der Waals surface area contributed by atoms with Crippen molar-refractivity contribution in [3.8, 4) is 33.6 Å². The minimum Gasteiger partial charge on any atom is -0.310 e. The van der Waals surface area contributed by atoms with Crippen molar-refractivity contribution < 1.29 is 0 Å². The molecule has 9 aromatic carbocycles. The highest BCUT2D eigenvalue weighted by molar-refractivity contribution is 7.00. The van der Waals surface area contributed by atoms with Crippen LogP contribution in [0.15, 0.2) is 158 Å². The van der Waals surface area contributed by atoms with Gasteiger partial charge in [0.1, 0.15) is 0 Å². The van der Waals surface area contributed by atoms with Crippen molar-refractivity contribution in [2.45, 2.75) is 184 Å². The molecule has 4 heterocycles. The van der Waals surface area contributed by atoms with Gasteiger partial charge in [-0.15, -0.1) is 0 Å². The molecule has 2 aliphatic rings. The summed E-state index contributed by atoms with van der Waals surface area (Å²) in [5.41, 5.74) is 32.4. The lowest BCUT2D eigenvalue weighted by Gasteiger charge is -2.36. The Labute approximate surface area is 515 Å². The van der Waals surface area contributed by atoms with Gasteiger partial charge >= 0.3 is 0 Å². The molecule has 13 rings (SSSR count). The van der Waals surface area contributed by atoms with Gasteiger partial charge in [-0.3, -0.25) is 0 Å². The molecule has 0 atom stereocenters. The highest BCUT2D eigenvalue weighted by atomic mass is 15.0. The van der Waals surface area contributed by atoms with Crippen molar-refractivity contribution >= 4 is 89.8 Å². The molecule has 0 N–H and O–H groups in total. The third-order valence-electron chi connectivity index (χ3n) is 20.0. The van der Waals surface area contributed by atoms with Crippen molar-refractivity contribution in [2.75, 3.05) is 0 Å². The van der Waals surface area contributed by atoms with Crippen molar-refractivity contribution in [3.63, 3.8) is 0 Å². The summed E-state index contributed by atoms with van der Waals surface area (Å²) in [5, 5.41) is 5.28. The highest BCUT2D eigenvalue weighted by Crippen LogP contribution is 2.43. The fourth-order valence-electron chi connectivity index (χ4n) is 15.2. The second-order valence-electron chi connectivity index (χ2n) is 31.4. The molecule has 4 heteroatoms. The first-order valence-corrected chi connectivity index (χ1v) is 32.4. The Morgan fingerprint density at radius 2 is 0.628 bits per heavy atom. The molecule has 2 aliphatic heterocycles. The van der Waals surface area contributed by atoms with Crippen molar-refractivity contribution in [1.29, 1.82) is 0 Å². The van der Waals surface area contributed by atoms with Gasteiger partial charge in [0.25, 0.3) is 0 Å². The molecule has 0 amide bonds. The minimum atomic E-state index is -0.109. The van der Waals surface area contributed by atoms with Crippen LogP contribution in [0.3, 0.4) is 0 Å². The molecule has 0 unspecified atom stereocenters. The second kappa shape index (κ2) is 20.1. The van der Waals surface area contributed by atoms with E-state index in [-0.39, 0.29) is 35.1 Å². The van der Waals surface area contributed by atoms with E-state index in [9.17, 15) is 0 Å². The van der Waals surface area contributed by atoms with Gasteiger partial charge < -0.3 is 9.13 Å². The van der Waals surface area contributed by atoms with Gasteiger partial charge in [-0.2, -0.15) is 0 Å². The number of nitrogens with zero attached hydrogens (tertiary/aromatic N) is 2. The first-order valence-electron chi connectivity index (χ1n) is 32.4. The molecule has 11 aromatic rings. The molecule has 0 fully saturated rings. The summed E-state index contributed by atoms with van der Waals surface area (Å²) >= 11 is 0. The number of aromatic nitrogens is 2. The highest BCUT2D eigenvalue weighted by Gasteiger charge is 2.43. The van der Waals surface area contributed by atoms with Crippen LogP contribution in [0.25, 0.3) is 77.2 Å². The Morgan fingerprint density at radius 3 is 1.05 bits per heavy atom. The Morgan fingerprint density at radius 1 is 0.291 bits per heavy atom. The topological polar surface area (TPSA) is 9.86 Å². The van der Waals surface area contributed by atoms with E-state index in [4.69, 9.17) is 0 Å². The van der Waals surface area contributed by atoms with Crippen LogP contribution in [0.4, 0.5) is 0 Å². The summed E-state index contributed by atoms with van der Waals surface area (Å²) < 4.78 is 5.46. The summed E-state index contributed by atoms with van der Waals surface area (Å²) in [7, 11) is 0. The lowest BCUT2D eigenvalue weighted by Crippen LogP contribution is -2.61. The average Bonchev–Trinajstić information content (AvgIpc) is 1.44. The van der Waals surface area contributed by atoms with E-state index in [2.05, 4.69) is 305 Å². The van der Waals surface area contributed by atoms with E-state index in [1.54, 1.807) is 0 Å². The molecule has 86 heavy (non-hydrogen) atoms. The Hall–Kier alpha value is -7.29. The normalized spacial score (nSPS) is 13.7. The van der Waals surface area contributed by atoms with Crippen LogP contribution in [0.1, 0.15) is 207 Å². The van der Waals surface area contributed by atoms with Gasteiger partial charge in [-0.25, -0.2) is 0 Å². The molecule has 2 nitrogen and oxygen atoms in total. The van der Waals surface area contributed by atoms with E-state index < -0.39 is 0 Å². The first-order chi connectivity index (χ1) is 40.5. The Balaban J connectivity index is 1.23. The molecular formula is C82H90B2N2. The number of fused-ring (bicyclic) bond motifs is 10. The SMILES string of the molecule is CC(C)c1cccc(C(C)C)c1B1c2cc3c(cc2-n2c4ccc(C(C)(C)C)cc4c4cc(-c5ccc(C(C)(C)C)cc5)cc1c42)B(c1c(C(C)C)cccc1C(C)C)c1cc(C(C)(C)C)cc2c4cc(-c5ccc(C(C)(C)C)cc5)ccc4n-3c12. The zero-order chi connectivity index (χ0) is 61.2. The van der Waals surface area contributed by atoms with Crippen LogP contribution in [-0.2, 0) is 21.7 Å². The van der Waals surface area contributed by atoms with Crippen LogP contribution in [0.5, 0.6) is 0 Å². The zero-order valence-corrected chi connectivity index (χ0v) is 55.4. The van der Waals surface area contributed by atoms with Crippen LogP contribution in [-0.4, -0.2) is 22.6 Å². The molecule has 2 aromatic heterocycles. The maximum atomic E-state index is 2.73. The van der Waals surface area contributed by atoms with E-state index in [1.807, 2.05) is 0 Å². The summed E-state index contributed by atoms with van der Waals surface area (Å²) in [5.74, 6) is 1.23. The van der Waals surface area contributed by atoms with Crippen LogP contribution < -0.4 is 32.8 Å². The molecular weight excluding hydrogens is 1030 g/mol. The van der Waals surface area contributed by atoms with Crippen molar-refractivity contribution in [2.24, 2.45) is 0 Å². The van der Waals surface area contributed by atoms with Gasteiger partial charge in [0.15, 0.2) is 0 Å². The molecule has 0 aliphatic carbocycles. The van der Waals surface area contributed by atoms with E-state index in [0.29, 0.717) is 23.7 Å². The van der Waals surface area contributed by atoms with Crippen LogP contribution >= 0.6 is 0 Å². The largest absolute Gasteiger partial charge is 0.310 e. The predicted molar refractivity (Wildman–Crippen MR) is 379 cm³/mol. The van der Waals surface area contributed by atoms with E-state index >= 15 is 0 Å². The zero-order valence-electron chi connectivity index (χ0n) is 55.4. The van der Waals surface area contributed by atoms with Crippen LogP contribution in [0, 0.1) is 0 Å². The lowest BCUT2D eigenvalue weighted by atomic mass is 9.31. The number of rotatable bonds is 8. The number of hydrogen-bond donors (Lipinski definition) is 0. The number of hydrogen-bond acceptors (Lipinski definition) is 0. The summed E-state index contributed by atoms with van der Waals surface area (Å²) in [6.07, 6.45) is 0. The first kappa shape index (κ1) is 57.8. The third kappa shape index (κ3) is 9.19. The maximum Gasteiger partial charge on any atom is 0.247 e. The van der Waals surface area contributed by atoms with Crippen LogP contribution in [0.2, 0.25) is 0 Å². The van der Waals surface area contributed by atoms with Gasteiger partial charge in [0.2, 0.25) is 13.4 Å². The third-order valence-corrected chi connectivity index (χ3v) is 20.0. The standard InChI is InChI=1S/C82H90B2N2/c1-47(2)59-23-21-24-60(48(3)4)75(59)83-67-45-74-68(46-73(67)86-72-38-36-57(81(15,16)17)42-64(72)65-40-54(41-69(83)77(65)86)52-29-34-56(35-30-52)80(12,13)14)84(76-61(49(5)6)25-22-26-62(76)50(7)8)70-44-58(82(18,19)20)43-66-63-39-53(31-37-71(63)85(74)78(66)70)51-27-32-55(33-28-51)79(9,10)11/h21-50H,1-20H3. The molecule has 434 valence electrons. The smallest absolute Gasteiger partial charge is 0.247 e. The van der Waals surface area contributed by atoms with Gasteiger partial charge in [-0.05, 0) is 182 Å². The van der Waals surface area contributed by atoms with Gasteiger partial charge in [0, 0.05) is 44.0 Å². The molecule has 0 saturated heterocycles. The van der Waals surface area contributed by atoms with Crippen molar-refractivity contribution in [3.05, 3.63) is 202 Å². The molecule has 0 saturated carbocycles. The van der Waals surface area contributed by atoms with Crippen molar-refractivity contribution in [1.82, 2.24) is 9.13 Å². The monoisotopic (exact) mass is 1120 g/mol. The summed E-state index contributed by atoms with van der Waals surface area (Å²) in [6.45, 7) is 47.4. The molecule has 0 radical (unpaired) electrons. The predicted octanol–water partition coefficient (Wildman–Crippen LogP) is 18.6. The Kier molecular flexibility index (Phi) is 13.5. The summed E-state index contributed by atoms with van der Waals surface area (Å²) in [4.78, 5) is 0. The maximum absolute atomic E-state index is 2.73. The van der Waals surface area contributed by atoms with Gasteiger partial charge in [0.05, 0.1) is 11.0 Å².